The smallest absolute Gasteiger partial charge is 0.416 e. The number of halogens is 7. The van der Waals surface area contributed by atoms with Crippen LogP contribution in [0.15, 0.2) is 109 Å². The van der Waals surface area contributed by atoms with Crippen LogP contribution in [-0.4, -0.2) is 28.9 Å². The minimum absolute atomic E-state index is 0.0393. The summed E-state index contributed by atoms with van der Waals surface area (Å²) in [6.07, 6.45) is -9.90. The molecule has 7 rings (SSSR count). The van der Waals surface area contributed by atoms with Crippen molar-refractivity contribution in [3.05, 3.63) is 164 Å². The fourth-order valence-electron chi connectivity index (χ4n) is 7.83. The third kappa shape index (κ3) is 7.92. The Balaban J connectivity index is 1.17. The molecule has 0 aromatic heterocycles. The number of fused-ring (bicyclic) bond motifs is 2. The second-order valence-electron chi connectivity index (χ2n) is 14.3. The first-order valence-corrected chi connectivity index (χ1v) is 18.0. The van der Waals surface area contributed by atoms with E-state index in [4.69, 9.17) is 16.3 Å². The van der Waals surface area contributed by atoms with Crippen molar-refractivity contribution in [1.29, 1.82) is 0 Å². The summed E-state index contributed by atoms with van der Waals surface area (Å²) in [7, 11) is 0. The minimum atomic E-state index is -4.51. The molecule has 3 unspecified atom stereocenters. The third-order valence-electron chi connectivity index (χ3n) is 10.3. The number of esters is 1. The first kappa shape index (κ1) is 37.7. The van der Waals surface area contributed by atoms with Gasteiger partial charge >= 0.3 is 18.3 Å². The zero-order chi connectivity index (χ0) is 38.4. The highest BCUT2D eigenvalue weighted by Crippen LogP contribution is 2.43. The molecule has 0 bridgehead atoms. The summed E-state index contributed by atoms with van der Waals surface area (Å²) in [5.74, 6) is -0.558. The second kappa shape index (κ2) is 14.9. The first-order valence-electron chi connectivity index (χ1n) is 17.7. The number of benzene rings is 5. The summed E-state index contributed by atoms with van der Waals surface area (Å²) < 4.78 is 87.3. The van der Waals surface area contributed by atoms with Crippen LogP contribution in [0.5, 0.6) is 0 Å². The van der Waals surface area contributed by atoms with Crippen LogP contribution in [0.4, 0.5) is 26.3 Å². The Morgan fingerprint density at radius 2 is 1.31 bits per heavy atom. The molecule has 0 saturated carbocycles. The van der Waals surface area contributed by atoms with Gasteiger partial charge < -0.3 is 4.74 Å². The Hall–Kier alpha value is -4.64. The zero-order valence-electron chi connectivity index (χ0n) is 29.5. The summed E-state index contributed by atoms with van der Waals surface area (Å²) in [6.45, 7) is 6.09. The topological polar surface area (TPSA) is 32.8 Å². The number of carbonyl (C=O) groups is 1. The molecule has 2 aliphatic heterocycles. The molecular formula is C43H37ClF6N2O2. The number of ether oxygens (including phenoxy) is 1. The minimum Gasteiger partial charge on any atom is -0.438 e. The highest BCUT2D eigenvalue weighted by atomic mass is 35.5. The molecule has 2 aliphatic rings. The lowest BCUT2D eigenvalue weighted by Gasteiger charge is -2.40. The lowest BCUT2D eigenvalue weighted by atomic mass is 9.85. The van der Waals surface area contributed by atoms with Crippen molar-refractivity contribution < 1.29 is 35.9 Å². The number of hydrogen-bond donors (Lipinski definition) is 0. The van der Waals surface area contributed by atoms with Crippen molar-refractivity contribution in [3.8, 4) is 11.1 Å². The standard InChI is InChI=1S/C43H37ClF6N2O2/c1-26-21-51(23-28-8-3-12-32(18-28)42(45,46)47)25-37-34(26)14-6-16-36(37)30-10-5-11-31(20-30)41(53)54-40-39-35(15-7-17-38(39)44)27(2)22-52(40)24-29-9-4-13-33(19-29)43(48,49)50/h3-20,26-27,40H,21-25H2,1-2H3. The van der Waals surface area contributed by atoms with E-state index >= 15 is 0 Å². The van der Waals surface area contributed by atoms with E-state index in [2.05, 4.69) is 17.9 Å². The van der Waals surface area contributed by atoms with Gasteiger partial charge in [-0.3, -0.25) is 9.80 Å². The fraction of sp³-hybridized carbons (Fsp3) is 0.279. The molecule has 3 atom stereocenters. The van der Waals surface area contributed by atoms with Gasteiger partial charge in [0, 0.05) is 43.3 Å². The molecule has 0 saturated heterocycles. The van der Waals surface area contributed by atoms with E-state index in [1.807, 2.05) is 42.2 Å². The summed E-state index contributed by atoms with van der Waals surface area (Å²) in [5, 5.41) is 0.388. The van der Waals surface area contributed by atoms with Crippen molar-refractivity contribution in [2.24, 2.45) is 0 Å². The molecule has 0 N–H and O–H groups in total. The van der Waals surface area contributed by atoms with Gasteiger partial charge in [0.1, 0.15) is 0 Å². The molecule has 2 heterocycles. The number of alkyl halides is 6. The van der Waals surface area contributed by atoms with Gasteiger partial charge in [0.05, 0.1) is 16.7 Å². The van der Waals surface area contributed by atoms with Crippen LogP contribution in [0.1, 0.15) is 86.8 Å². The Bertz CT molecular complexity index is 2180. The lowest BCUT2D eigenvalue weighted by Crippen LogP contribution is -2.39. The lowest BCUT2D eigenvalue weighted by molar-refractivity contribution is -0.138. The second-order valence-corrected chi connectivity index (χ2v) is 14.7. The van der Waals surface area contributed by atoms with E-state index in [-0.39, 0.29) is 23.9 Å². The van der Waals surface area contributed by atoms with Crippen molar-refractivity contribution >= 4 is 17.6 Å². The average molecular weight is 763 g/mol. The zero-order valence-corrected chi connectivity index (χ0v) is 30.3. The normalized spacial score (nSPS) is 19.2. The van der Waals surface area contributed by atoms with Gasteiger partial charge in [-0.1, -0.05) is 104 Å². The highest BCUT2D eigenvalue weighted by Gasteiger charge is 2.37. The summed E-state index contributed by atoms with van der Waals surface area (Å²) in [4.78, 5) is 18.0. The molecular weight excluding hydrogens is 726 g/mol. The molecule has 11 heteroatoms. The van der Waals surface area contributed by atoms with Crippen LogP contribution in [0.2, 0.25) is 5.02 Å². The van der Waals surface area contributed by atoms with Gasteiger partial charge in [0.2, 0.25) is 0 Å². The molecule has 4 nitrogen and oxygen atoms in total. The monoisotopic (exact) mass is 762 g/mol. The average Bonchev–Trinajstić information content (AvgIpc) is 3.12. The fourth-order valence-corrected chi connectivity index (χ4v) is 8.10. The predicted molar refractivity (Wildman–Crippen MR) is 196 cm³/mol. The van der Waals surface area contributed by atoms with Gasteiger partial charge in [0.15, 0.2) is 6.23 Å². The van der Waals surface area contributed by atoms with Crippen LogP contribution in [-0.2, 0) is 36.7 Å². The van der Waals surface area contributed by atoms with E-state index in [0.29, 0.717) is 47.9 Å². The Morgan fingerprint density at radius 3 is 2.00 bits per heavy atom. The maximum absolute atomic E-state index is 14.0. The van der Waals surface area contributed by atoms with E-state index in [9.17, 15) is 31.1 Å². The number of hydrogen-bond acceptors (Lipinski definition) is 4. The maximum atomic E-state index is 14.0. The Labute approximate surface area is 314 Å². The van der Waals surface area contributed by atoms with Gasteiger partial charge in [0.25, 0.3) is 0 Å². The van der Waals surface area contributed by atoms with Gasteiger partial charge in [-0.25, -0.2) is 4.79 Å². The molecule has 5 aromatic rings. The number of rotatable bonds is 7. The van der Waals surface area contributed by atoms with E-state index in [1.165, 1.54) is 18.2 Å². The third-order valence-corrected chi connectivity index (χ3v) is 10.6. The van der Waals surface area contributed by atoms with Crippen molar-refractivity contribution in [3.63, 3.8) is 0 Å². The summed E-state index contributed by atoms with van der Waals surface area (Å²) in [5.41, 5.74) is 5.16. The largest absolute Gasteiger partial charge is 0.438 e. The maximum Gasteiger partial charge on any atom is 0.416 e. The van der Waals surface area contributed by atoms with Crippen LogP contribution in [0.25, 0.3) is 11.1 Å². The van der Waals surface area contributed by atoms with Crippen LogP contribution >= 0.6 is 11.6 Å². The summed E-state index contributed by atoms with van der Waals surface area (Å²) >= 11 is 6.74. The molecule has 0 amide bonds. The molecule has 0 spiro atoms. The van der Waals surface area contributed by atoms with E-state index in [1.54, 1.807) is 36.4 Å². The van der Waals surface area contributed by atoms with Gasteiger partial charge in [-0.2, -0.15) is 26.3 Å². The molecule has 0 fully saturated rings. The van der Waals surface area contributed by atoms with Crippen molar-refractivity contribution in [1.82, 2.24) is 9.80 Å². The van der Waals surface area contributed by atoms with Gasteiger partial charge in [-0.05, 0) is 81.1 Å². The molecule has 0 aliphatic carbocycles. The Kier molecular flexibility index (Phi) is 10.4. The summed E-state index contributed by atoms with van der Waals surface area (Å²) in [6, 6.07) is 29.0. The first-order chi connectivity index (χ1) is 25.7. The van der Waals surface area contributed by atoms with Crippen molar-refractivity contribution in [2.45, 2.75) is 63.9 Å². The van der Waals surface area contributed by atoms with Crippen molar-refractivity contribution in [2.75, 3.05) is 13.1 Å². The van der Waals surface area contributed by atoms with Crippen LogP contribution < -0.4 is 0 Å². The quantitative estimate of drug-likeness (QED) is 0.122. The predicted octanol–water partition coefficient (Wildman–Crippen LogP) is 11.6. The SMILES string of the molecule is CC1CN(Cc2cccc(C(F)(F)F)c2)Cc2c(-c3cccc(C(=O)OC4c5c(Cl)cccc5C(C)CN4Cc4cccc(C(F)(F)F)c4)c3)cccc21. The van der Waals surface area contributed by atoms with E-state index in [0.717, 1.165) is 46.0 Å². The van der Waals surface area contributed by atoms with E-state index < -0.39 is 35.7 Å². The molecule has 54 heavy (non-hydrogen) atoms. The van der Waals surface area contributed by atoms with Crippen LogP contribution in [0.3, 0.4) is 0 Å². The highest BCUT2D eigenvalue weighted by molar-refractivity contribution is 6.31. The van der Waals surface area contributed by atoms with Gasteiger partial charge in [-0.15, -0.1) is 0 Å². The molecule has 280 valence electrons. The number of carbonyl (C=O) groups excluding carboxylic acids is 1. The van der Waals surface area contributed by atoms with Crippen LogP contribution in [0, 0.1) is 0 Å². The Morgan fingerprint density at radius 1 is 0.722 bits per heavy atom. The molecule has 5 aromatic carbocycles. The number of nitrogens with zero attached hydrogens (tertiary/aromatic N) is 2. The molecule has 0 radical (unpaired) electrons.